The molecule has 0 amide bonds. The fourth-order valence-electron chi connectivity index (χ4n) is 0.506. The number of hydrogen-bond acceptors (Lipinski definition) is 3. The van der Waals surface area contributed by atoms with E-state index in [1.165, 1.54) is 19.3 Å². The van der Waals surface area contributed by atoms with Gasteiger partial charge in [-0.3, -0.25) is 4.79 Å². The van der Waals surface area contributed by atoms with Crippen molar-refractivity contribution in [1.29, 1.82) is 0 Å². The van der Waals surface area contributed by atoms with Gasteiger partial charge in [-0.05, 0) is 6.92 Å². The molecule has 1 aromatic heterocycles. The van der Waals surface area contributed by atoms with Crippen LogP contribution in [0.1, 0.15) is 5.76 Å². The number of rotatable bonds is 0. The maximum Gasteiger partial charge on any atom is 0.226 e. The van der Waals surface area contributed by atoms with Crippen molar-refractivity contribution in [1.82, 2.24) is 0 Å². The largest absolute Gasteiger partial charge is 0.502 e. The number of aromatic hydroxyl groups is 1. The Morgan fingerprint density at radius 1 is 1.60 bits per heavy atom. The predicted octanol–water partition coefficient (Wildman–Crippen LogP) is 0.651. The van der Waals surface area contributed by atoms with Gasteiger partial charge in [-0.25, -0.2) is 0 Å². The van der Waals surface area contributed by atoms with E-state index in [9.17, 15) is 4.79 Å². The summed E-state index contributed by atoms with van der Waals surface area (Å²) in [7, 11) is 0. The standard InChI is InChI=1S/C6H6O3.Cu/c1-4-6(8)5(7)2-3-9-4;/h2-3,8H,1H3;. The van der Waals surface area contributed by atoms with Crippen LogP contribution in [0.15, 0.2) is 21.5 Å². The normalized spacial score (nSPS) is 8.50. The molecule has 0 aliphatic rings. The first-order valence-corrected chi connectivity index (χ1v) is 2.49. The Balaban J connectivity index is 0.000000810. The summed E-state index contributed by atoms with van der Waals surface area (Å²) in [5.74, 6) is -0.0556. The summed E-state index contributed by atoms with van der Waals surface area (Å²) >= 11 is 0. The Kier molecular flexibility index (Phi) is 3.19. The van der Waals surface area contributed by atoms with E-state index >= 15 is 0 Å². The molecule has 0 aliphatic heterocycles. The summed E-state index contributed by atoms with van der Waals surface area (Å²) in [5.41, 5.74) is -0.404. The molecule has 59 valence electrons. The first-order valence-electron chi connectivity index (χ1n) is 2.49. The minimum absolute atomic E-state index is 0. The molecule has 1 heterocycles. The van der Waals surface area contributed by atoms with Gasteiger partial charge in [-0.2, -0.15) is 0 Å². The Hall–Kier alpha value is -0.731. The van der Waals surface area contributed by atoms with Gasteiger partial charge in [0.15, 0.2) is 0 Å². The first-order chi connectivity index (χ1) is 4.22. The molecule has 0 atom stereocenters. The molecule has 0 bridgehead atoms. The van der Waals surface area contributed by atoms with Crippen LogP contribution in [0.25, 0.3) is 0 Å². The van der Waals surface area contributed by atoms with E-state index in [2.05, 4.69) is 4.42 Å². The van der Waals surface area contributed by atoms with Crippen LogP contribution in [0.4, 0.5) is 0 Å². The number of hydrogen-bond donors (Lipinski definition) is 1. The molecule has 0 fully saturated rings. The molecular formula is C6H6CuO3. The van der Waals surface area contributed by atoms with Gasteiger partial charge >= 0.3 is 0 Å². The average Bonchev–Trinajstić information content (AvgIpc) is 1.83. The molecule has 1 rings (SSSR count). The topological polar surface area (TPSA) is 50.4 Å². The predicted molar refractivity (Wildman–Crippen MR) is 31.4 cm³/mol. The summed E-state index contributed by atoms with van der Waals surface area (Å²) in [5, 5.41) is 8.80. The van der Waals surface area contributed by atoms with Crippen LogP contribution in [-0.4, -0.2) is 5.11 Å². The summed E-state index contributed by atoms with van der Waals surface area (Å²) in [4.78, 5) is 10.5. The molecular weight excluding hydrogens is 184 g/mol. The Bertz CT molecular complexity index is 266. The second-order valence-corrected chi connectivity index (χ2v) is 1.69. The molecule has 10 heavy (non-hydrogen) atoms. The summed E-state index contributed by atoms with van der Waals surface area (Å²) in [6.07, 6.45) is 1.25. The Morgan fingerprint density at radius 2 is 2.20 bits per heavy atom. The van der Waals surface area contributed by atoms with Crippen LogP contribution in [0.3, 0.4) is 0 Å². The minimum atomic E-state index is -0.404. The van der Waals surface area contributed by atoms with Gasteiger partial charge in [-0.15, -0.1) is 0 Å². The molecule has 3 nitrogen and oxygen atoms in total. The molecule has 0 saturated carbocycles. The third kappa shape index (κ3) is 1.62. The first kappa shape index (κ1) is 9.27. The Labute approximate surface area is 68.2 Å². The van der Waals surface area contributed by atoms with E-state index in [1.807, 2.05) is 0 Å². The SMILES string of the molecule is Cc1occc(=O)c1O.[Cu]. The molecule has 0 aliphatic carbocycles. The molecule has 0 aromatic carbocycles. The summed E-state index contributed by atoms with van der Waals surface area (Å²) in [6.45, 7) is 1.52. The van der Waals surface area contributed by atoms with Gasteiger partial charge in [0, 0.05) is 23.1 Å². The third-order valence-corrected chi connectivity index (χ3v) is 1.03. The van der Waals surface area contributed by atoms with E-state index in [1.54, 1.807) is 0 Å². The van der Waals surface area contributed by atoms with E-state index in [0.717, 1.165) is 0 Å². The maximum atomic E-state index is 10.5. The quantitative estimate of drug-likeness (QED) is 0.610. The van der Waals surface area contributed by atoms with E-state index in [4.69, 9.17) is 5.11 Å². The van der Waals surface area contributed by atoms with Crippen molar-refractivity contribution in [2.45, 2.75) is 6.92 Å². The molecule has 4 heteroatoms. The zero-order valence-electron chi connectivity index (χ0n) is 5.22. The van der Waals surface area contributed by atoms with Gasteiger partial charge in [0.05, 0.1) is 6.26 Å². The fourth-order valence-corrected chi connectivity index (χ4v) is 0.506. The molecule has 1 aromatic rings. The van der Waals surface area contributed by atoms with Gasteiger partial charge in [-0.1, -0.05) is 0 Å². The smallest absolute Gasteiger partial charge is 0.226 e. The third-order valence-electron chi connectivity index (χ3n) is 1.03. The van der Waals surface area contributed by atoms with Crippen LogP contribution in [0.5, 0.6) is 5.75 Å². The Morgan fingerprint density at radius 3 is 2.60 bits per heavy atom. The van der Waals surface area contributed by atoms with Crippen molar-refractivity contribution < 1.29 is 26.6 Å². The maximum absolute atomic E-state index is 10.5. The van der Waals surface area contributed by atoms with Gasteiger partial charge in [0.25, 0.3) is 0 Å². The van der Waals surface area contributed by atoms with Crippen LogP contribution in [-0.2, 0) is 17.1 Å². The average molecular weight is 190 g/mol. The van der Waals surface area contributed by atoms with Crippen LogP contribution in [0, 0.1) is 6.92 Å². The number of aryl methyl sites for hydroxylation is 1. The molecule has 0 spiro atoms. The molecule has 1 N–H and O–H groups in total. The van der Waals surface area contributed by atoms with Crippen molar-refractivity contribution in [2.24, 2.45) is 0 Å². The summed E-state index contributed by atoms with van der Waals surface area (Å²) in [6, 6.07) is 1.17. The van der Waals surface area contributed by atoms with Crippen LogP contribution >= 0.6 is 0 Å². The van der Waals surface area contributed by atoms with Crippen molar-refractivity contribution in [2.75, 3.05) is 0 Å². The van der Waals surface area contributed by atoms with Crippen LogP contribution < -0.4 is 5.43 Å². The van der Waals surface area contributed by atoms with E-state index in [0.29, 0.717) is 0 Å². The van der Waals surface area contributed by atoms with Gasteiger partial charge in [0.1, 0.15) is 5.76 Å². The van der Waals surface area contributed by atoms with Gasteiger partial charge < -0.3 is 9.52 Å². The fraction of sp³-hybridized carbons (Fsp3) is 0.167. The van der Waals surface area contributed by atoms with Crippen molar-refractivity contribution >= 4 is 0 Å². The monoisotopic (exact) mass is 189 g/mol. The molecule has 0 unspecified atom stereocenters. The minimum Gasteiger partial charge on any atom is -0.502 e. The van der Waals surface area contributed by atoms with E-state index < -0.39 is 5.43 Å². The van der Waals surface area contributed by atoms with E-state index in [-0.39, 0.29) is 28.6 Å². The van der Waals surface area contributed by atoms with Crippen molar-refractivity contribution in [3.63, 3.8) is 0 Å². The van der Waals surface area contributed by atoms with Crippen LogP contribution in [0.2, 0.25) is 0 Å². The summed E-state index contributed by atoms with van der Waals surface area (Å²) < 4.78 is 4.69. The van der Waals surface area contributed by atoms with Gasteiger partial charge in [0.2, 0.25) is 11.2 Å². The zero-order chi connectivity index (χ0) is 6.85. The second-order valence-electron chi connectivity index (χ2n) is 1.69. The molecule has 1 radical (unpaired) electrons. The zero-order valence-corrected chi connectivity index (χ0v) is 6.16. The second kappa shape index (κ2) is 3.44. The van der Waals surface area contributed by atoms with Crippen molar-refractivity contribution in [3.05, 3.63) is 28.3 Å². The van der Waals surface area contributed by atoms with Crippen molar-refractivity contribution in [3.8, 4) is 5.75 Å². The molecule has 0 saturated heterocycles.